The van der Waals surface area contributed by atoms with Gasteiger partial charge in [-0.25, -0.2) is 18.7 Å². The Hall–Kier alpha value is -2.30. The first-order valence-electron chi connectivity index (χ1n) is 8.13. The van der Waals surface area contributed by atoms with E-state index in [2.05, 4.69) is 9.57 Å². The van der Waals surface area contributed by atoms with Crippen LogP contribution in [0.15, 0.2) is 24.3 Å². The van der Waals surface area contributed by atoms with E-state index in [-0.39, 0.29) is 6.07 Å². The molecule has 0 saturated heterocycles. The fraction of sp³-hybridized carbons (Fsp3) is 0.235. The van der Waals surface area contributed by atoms with E-state index < -0.39 is 71.7 Å². The predicted octanol–water partition coefficient (Wildman–Crippen LogP) is 3.37. The first-order chi connectivity index (χ1) is 14.4. The Morgan fingerprint density at radius 2 is 1.84 bits per heavy atom. The van der Waals surface area contributed by atoms with Gasteiger partial charge in [0, 0.05) is 9.64 Å². The summed E-state index contributed by atoms with van der Waals surface area (Å²) in [5.41, 5.74) is -1.17. The van der Waals surface area contributed by atoms with Crippen molar-refractivity contribution in [2.45, 2.75) is 12.5 Å². The van der Waals surface area contributed by atoms with Crippen LogP contribution in [0.4, 0.5) is 37.7 Å². The molecular weight excluding hydrogens is 553 g/mol. The Morgan fingerprint density at radius 1 is 1.16 bits per heavy atom. The van der Waals surface area contributed by atoms with Gasteiger partial charge in [0.05, 0.1) is 18.0 Å². The summed E-state index contributed by atoms with van der Waals surface area (Å²) in [5.74, 6) is -7.54. The average Bonchev–Trinajstić information content (AvgIpc) is 2.66. The zero-order valence-corrected chi connectivity index (χ0v) is 17.2. The van der Waals surface area contributed by atoms with Crippen LogP contribution in [0, 0.1) is 21.0 Å². The number of ether oxygens (including phenoxy) is 1. The van der Waals surface area contributed by atoms with Crippen LogP contribution in [0.3, 0.4) is 0 Å². The Morgan fingerprint density at radius 3 is 2.42 bits per heavy atom. The minimum absolute atomic E-state index is 0.0181. The number of hydrogen-bond acceptors (Lipinski definition) is 6. The number of carbonyl (C=O) groups excluding carboxylic acids is 1. The summed E-state index contributed by atoms with van der Waals surface area (Å²) in [5, 5.41) is 19.9. The van der Waals surface area contributed by atoms with E-state index in [9.17, 15) is 31.1 Å². The first kappa shape index (κ1) is 25.0. The molecule has 0 radical (unpaired) electrons. The Balaban J connectivity index is 2.49. The number of alkyl halides is 3. The second kappa shape index (κ2) is 10.3. The maximum Gasteiger partial charge on any atom is 0.573 e. The monoisotopic (exact) mass is 566 g/mol. The van der Waals surface area contributed by atoms with Crippen molar-refractivity contribution < 1.29 is 50.9 Å². The standard InChI is InChI=1S/C17H13F6IN2O5/c18-9-3-7(24)1-2-11(9)25-15-13(16(29)26-30-6-8(28)5-27)10(19)4-12(14(15)20)31-17(21,22)23/h1-4,8,25,27-28H,5-6H2,(H,26,29). The molecule has 7 nitrogen and oxygen atoms in total. The summed E-state index contributed by atoms with van der Waals surface area (Å²) in [6.45, 7) is -1.38. The number of carbonyl (C=O) groups is 1. The van der Waals surface area contributed by atoms with Crippen LogP contribution in [0.2, 0.25) is 0 Å². The highest BCUT2D eigenvalue weighted by atomic mass is 127. The predicted molar refractivity (Wildman–Crippen MR) is 102 cm³/mol. The number of aliphatic hydroxyl groups is 2. The molecule has 2 aromatic rings. The summed E-state index contributed by atoms with van der Waals surface area (Å²) in [6.07, 6.45) is -6.80. The van der Waals surface area contributed by atoms with Gasteiger partial charge >= 0.3 is 6.36 Å². The summed E-state index contributed by atoms with van der Waals surface area (Å²) in [4.78, 5) is 16.8. The van der Waals surface area contributed by atoms with Gasteiger partial charge < -0.3 is 20.3 Å². The molecule has 1 unspecified atom stereocenters. The lowest BCUT2D eigenvalue weighted by atomic mass is 10.1. The Labute approximate surface area is 184 Å². The van der Waals surface area contributed by atoms with Gasteiger partial charge in [0.1, 0.15) is 29.9 Å². The van der Waals surface area contributed by atoms with Gasteiger partial charge in [0.15, 0.2) is 11.6 Å². The van der Waals surface area contributed by atoms with Crippen molar-refractivity contribution in [2.75, 3.05) is 18.5 Å². The maximum absolute atomic E-state index is 14.7. The lowest BCUT2D eigenvalue weighted by molar-refractivity contribution is -0.275. The van der Waals surface area contributed by atoms with Gasteiger partial charge in [-0.2, -0.15) is 0 Å². The maximum atomic E-state index is 14.7. The molecule has 4 N–H and O–H groups in total. The molecule has 0 saturated carbocycles. The van der Waals surface area contributed by atoms with Gasteiger partial charge in [-0.05, 0) is 40.8 Å². The number of amides is 1. The average molecular weight is 566 g/mol. The van der Waals surface area contributed by atoms with Crippen LogP contribution in [0.1, 0.15) is 10.4 Å². The van der Waals surface area contributed by atoms with Gasteiger partial charge in [-0.1, -0.05) is 0 Å². The van der Waals surface area contributed by atoms with Crippen LogP contribution in [0.25, 0.3) is 0 Å². The van der Waals surface area contributed by atoms with Crippen molar-refractivity contribution in [1.82, 2.24) is 5.48 Å². The van der Waals surface area contributed by atoms with Crippen molar-refractivity contribution >= 4 is 39.9 Å². The van der Waals surface area contributed by atoms with E-state index in [1.54, 1.807) is 28.1 Å². The van der Waals surface area contributed by atoms with E-state index in [1.165, 1.54) is 6.07 Å². The molecule has 0 aromatic heterocycles. The third kappa shape index (κ3) is 6.84. The van der Waals surface area contributed by atoms with E-state index in [0.717, 1.165) is 12.1 Å². The third-order valence-electron chi connectivity index (χ3n) is 3.48. The number of anilines is 2. The highest BCUT2D eigenvalue weighted by Gasteiger charge is 2.35. The van der Waals surface area contributed by atoms with Crippen molar-refractivity contribution in [1.29, 1.82) is 0 Å². The SMILES string of the molecule is O=C(NOCC(O)CO)c1c(F)cc(OC(F)(F)F)c(F)c1Nc1ccc(I)cc1F. The highest BCUT2D eigenvalue weighted by molar-refractivity contribution is 14.1. The topological polar surface area (TPSA) is 100 Å². The van der Waals surface area contributed by atoms with Gasteiger partial charge in [0.25, 0.3) is 5.91 Å². The third-order valence-corrected chi connectivity index (χ3v) is 4.15. The number of hydrogen-bond donors (Lipinski definition) is 4. The molecule has 1 atom stereocenters. The molecule has 0 spiro atoms. The lowest BCUT2D eigenvalue weighted by Gasteiger charge is -2.18. The van der Waals surface area contributed by atoms with Crippen LogP contribution in [-0.4, -0.2) is 41.8 Å². The number of benzene rings is 2. The van der Waals surface area contributed by atoms with Gasteiger partial charge in [-0.3, -0.25) is 9.63 Å². The van der Waals surface area contributed by atoms with Crippen molar-refractivity contribution in [3.63, 3.8) is 0 Å². The van der Waals surface area contributed by atoms with E-state index in [1.807, 2.05) is 5.32 Å². The minimum atomic E-state index is -5.38. The lowest BCUT2D eigenvalue weighted by Crippen LogP contribution is -2.31. The normalized spacial score (nSPS) is 12.4. The second-order valence-electron chi connectivity index (χ2n) is 5.80. The number of hydroxylamine groups is 1. The molecule has 2 aromatic carbocycles. The molecule has 0 heterocycles. The van der Waals surface area contributed by atoms with E-state index in [4.69, 9.17) is 10.2 Å². The summed E-state index contributed by atoms with van der Waals surface area (Å²) < 4.78 is 84.8. The fourth-order valence-electron chi connectivity index (χ4n) is 2.17. The van der Waals surface area contributed by atoms with Crippen molar-refractivity contribution in [3.8, 4) is 5.75 Å². The highest BCUT2D eigenvalue weighted by Crippen LogP contribution is 2.36. The smallest absolute Gasteiger partial charge is 0.402 e. The van der Waals surface area contributed by atoms with Crippen LogP contribution < -0.4 is 15.5 Å². The van der Waals surface area contributed by atoms with Crippen LogP contribution >= 0.6 is 22.6 Å². The summed E-state index contributed by atoms with van der Waals surface area (Å²) in [6, 6.07) is 3.42. The molecule has 0 fully saturated rings. The molecule has 2 rings (SSSR count). The number of nitrogens with one attached hydrogen (secondary N) is 2. The van der Waals surface area contributed by atoms with Crippen LogP contribution in [-0.2, 0) is 4.84 Å². The largest absolute Gasteiger partial charge is 0.573 e. The molecular formula is C17H13F6IN2O5. The Kier molecular flexibility index (Phi) is 8.33. The molecule has 0 aliphatic heterocycles. The first-order valence-corrected chi connectivity index (χ1v) is 9.21. The summed E-state index contributed by atoms with van der Waals surface area (Å²) in [7, 11) is 0. The van der Waals surface area contributed by atoms with Crippen molar-refractivity contribution in [2.24, 2.45) is 0 Å². The Bertz CT molecular complexity index is 960. The van der Waals surface area contributed by atoms with Gasteiger partial charge in [0.2, 0.25) is 0 Å². The number of aliphatic hydroxyl groups excluding tert-OH is 2. The quantitative estimate of drug-likeness (QED) is 0.222. The fourth-order valence-corrected chi connectivity index (χ4v) is 2.63. The second-order valence-corrected chi connectivity index (χ2v) is 7.04. The zero-order chi connectivity index (χ0) is 23.3. The minimum Gasteiger partial charge on any atom is -0.402 e. The van der Waals surface area contributed by atoms with E-state index >= 15 is 0 Å². The molecule has 0 aliphatic carbocycles. The molecule has 0 bridgehead atoms. The number of rotatable bonds is 8. The molecule has 31 heavy (non-hydrogen) atoms. The van der Waals surface area contributed by atoms with Crippen molar-refractivity contribution in [3.05, 3.63) is 50.9 Å². The number of halogens is 7. The summed E-state index contributed by atoms with van der Waals surface area (Å²) >= 11 is 1.76. The molecule has 170 valence electrons. The van der Waals surface area contributed by atoms with Gasteiger partial charge in [-0.15, -0.1) is 13.2 Å². The van der Waals surface area contributed by atoms with Crippen LogP contribution in [0.5, 0.6) is 5.75 Å². The molecule has 1 amide bonds. The molecule has 14 heteroatoms. The molecule has 0 aliphatic rings. The zero-order valence-electron chi connectivity index (χ0n) is 15.1. The van der Waals surface area contributed by atoms with E-state index in [0.29, 0.717) is 3.57 Å².